The summed E-state index contributed by atoms with van der Waals surface area (Å²) in [5.41, 5.74) is 0.404. The Morgan fingerprint density at radius 2 is 2.20 bits per heavy atom. The van der Waals surface area contributed by atoms with E-state index in [0.29, 0.717) is 5.56 Å². The van der Waals surface area contributed by atoms with E-state index in [1.165, 1.54) is 25.5 Å². The summed E-state index contributed by atoms with van der Waals surface area (Å²) in [6.45, 7) is 1.44. The third-order valence-corrected chi connectivity index (χ3v) is 4.27. The maximum Gasteiger partial charge on any atom is 0.244 e. The average Bonchev–Trinajstić information content (AvgIpc) is 2.45. The van der Waals surface area contributed by atoms with Crippen LogP contribution in [0.5, 0.6) is 0 Å². The Morgan fingerprint density at radius 3 is 2.80 bits per heavy atom. The molecule has 0 saturated carbocycles. The molecule has 20 heavy (non-hydrogen) atoms. The van der Waals surface area contributed by atoms with Crippen molar-refractivity contribution in [1.82, 2.24) is 9.29 Å². The maximum absolute atomic E-state index is 12.3. The van der Waals surface area contributed by atoms with E-state index in [4.69, 9.17) is 10.4 Å². The van der Waals surface area contributed by atoms with Crippen molar-refractivity contribution in [2.75, 3.05) is 20.2 Å². The van der Waals surface area contributed by atoms with Crippen LogP contribution in [0.4, 0.5) is 0 Å². The van der Waals surface area contributed by atoms with E-state index in [0.717, 1.165) is 4.31 Å². The highest BCUT2D eigenvalue weighted by molar-refractivity contribution is 7.89. The first-order valence-corrected chi connectivity index (χ1v) is 7.26. The third kappa shape index (κ3) is 4.04. The van der Waals surface area contributed by atoms with Crippen molar-refractivity contribution in [2.45, 2.75) is 11.8 Å². The number of aliphatic hydroxyl groups excluding tert-OH is 1. The number of hydrogen-bond donors (Lipinski definition) is 1. The second-order valence-corrected chi connectivity index (χ2v) is 6.23. The van der Waals surface area contributed by atoms with E-state index < -0.39 is 15.9 Å². The molecule has 0 aliphatic rings. The summed E-state index contributed by atoms with van der Waals surface area (Å²) in [4.78, 5) is 3.84. The van der Waals surface area contributed by atoms with Gasteiger partial charge >= 0.3 is 0 Å². The number of nitrogens with zero attached hydrogens (tertiary/aromatic N) is 3. The fourth-order valence-corrected chi connectivity index (χ4v) is 2.72. The highest BCUT2D eigenvalue weighted by atomic mass is 32.2. The molecule has 1 aromatic rings. The molecule has 1 N–H and O–H groups in total. The van der Waals surface area contributed by atoms with Crippen LogP contribution in [-0.4, -0.2) is 43.0 Å². The van der Waals surface area contributed by atoms with Crippen molar-refractivity contribution in [3.8, 4) is 17.9 Å². The standard InChI is InChI=1S/C13H15N3O3S/c1-11(7-14)10-16(2)20(18,19)13-6-12(4-3-5-17)8-15-9-13/h6,8-9,11,17H,5,10H2,1-2H3. The van der Waals surface area contributed by atoms with E-state index in [9.17, 15) is 8.42 Å². The second-order valence-electron chi connectivity index (χ2n) is 4.18. The molecular weight excluding hydrogens is 278 g/mol. The molecule has 106 valence electrons. The minimum Gasteiger partial charge on any atom is -0.384 e. The lowest BCUT2D eigenvalue weighted by Gasteiger charge is -2.17. The SMILES string of the molecule is CC(C#N)CN(C)S(=O)(=O)c1cncc(C#CCO)c1. The van der Waals surface area contributed by atoms with Crippen LogP contribution in [0.25, 0.3) is 0 Å². The Hall–Kier alpha value is -1.93. The molecular formula is C13H15N3O3S. The Kier molecular flexibility index (Phi) is 5.66. The molecule has 0 aliphatic heterocycles. The first kappa shape index (κ1) is 16.1. The van der Waals surface area contributed by atoms with E-state index in [-0.39, 0.29) is 18.0 Å². The van der Waals surface area contributed by atoms with Crippen LogP contribution in [0.15, 0.2) is 23.4 Å². The topological polar surface area (TPSA) is 94.3 Å². The summed E-state index contributed by atoms with van der Waals surface area (Å²) >= 11 is 0. The van der Waals surface area contributed by atoms with Gasteiger partial charge < -0.3 is 5.11 Å². The number of rotatable bonds is 4. The summed E-state index contributed by atoms with van der Waals surface area (Å²) in [5.74, 6) is 4.63. The fourth-order valence-electron chi connectivity index (χ4n) is 1.47. The lowest BCUT2D eigenvalue weighted by atomic mass is 10.2. The maximum atomic E-state index is 12.3. The molecule has 0 bridgehead atoms. The Balaban J connectivity index is 3.07. The smallest absolute Gasteiger partial charge is 0.244 e. The zero-order chi connectivity index (χ0) is 15.2. The van der Waals surface area contributed by atoms with Gasteiger partial charge in [-0.25, -0.2) is 8.42 Å². The molecule has 1 aromatic heterocycles. The van der Waals surface area contributed by atoms with Gasteiger partial charge in [-0.05, 0) is 13.0 Å². The molecule has 1 rings (SSSR count). The Morgan fingerprint density at radius 1 is 1.50 bits per heavy atom. The predicted molar refractivity (Wildman–Crippen MR) is 72.8 cm³/mol. The Bertz CT molecular complexity index is 668. The minimum atomic E-state index is -3.70. The summed E-state index contributed by atoms with van der Waals surface area (Å²) in [7, 11) is -2.29. The van der Waals surface area contributed by atoms with Crippen LogP contribution >= 0.6 is 0 Å². The van der Waals surface area contributed by atoms with Gasteiger partial charge in [0.1, 0.15) is 11.5 Å². The molecule has 0 spiro atoms. The van der Waals surface area contributed by atoms with Crippen molar-refractivity contribution in [3.63, 3.8) is 0 Å². The summed E-state index contributed by atoms with van der Waals surface area (Å²) in [5, 5.41) is 17.4. The molecule has 0 saturated heterocycles. The van der Waals surface area contributed by atoms with Crippen LogP contribution < -0.4 is 0 Å². The molecule has 1 heterocycles. The zero-order valence-corrected chi connectivity index (χ0v) is 12.1. The van der Waals surface area contributed by atoms with E-state index in [1.54, 1.807) is 6.92 Å². The van der Waals surface area contributed by atoms with E-state index >= 15 is 0 Å². The number of pyridine rings is 1. The first-order chi connectivity index (χ1) is 9.41. The summed E-state index contributed by atoms with van der Waals surface area (Å²) in [6, 6.07) is 3.37. The third-order valence-electron chi connectivity index (χ3n) is 2.48. The van der Waals surface area contributed by atoms with Crippen LogP contribution in [0.2, 0.25) is 0 Å². The van der Waals surface area contributed by atoms with Crippen molar-refractivity contribution < 1.29 is 13.5 Å². The normalized spacial score (nSPS) is 12.3. The number of nitriles is 1. The molecule has 0 aromatic carbocycles. The number of aromatic nitrogens is 1. The van der Waals surface area contributed by atoms with Gasteiger partial charge in [0.15, 0.2) is 0 Å². The minimum absolute atomic E-state index is 0.00915. The van der Waals surface area contributed by atoms with Crippen molar-refractivity contribution in [3.05, 3.63) is 24.0 Å². The Labute approximate surface area is 118 Å². The lowest BCUT2D eigenvalue weighted by molar-refractivity contribution is 0.350. The van der Waals surface area contributed by atoms with Gasteiger partial charge in [-0.1, -0.05) is 11.8 Å². The van der Waals surface area contributed by atoms with Crippen LogP contribution in [0.3, 0.4) is 0 Å². The highest BCUT2D eigenvalue weighted by Gasteiger charge is 2.22. The molecule has 1 atom stereocenters. The average molecular weight is 293 g/mol. The van der Waals surface area contributed by atoms with Crippen molar-refractivity contribution in [2.24, 2.45) is 5.92 Å². The van der Waals surface area contributed by atoms with Crippen LogP contribution in [-0.2, 0) is 10.0 Å². The summed E-state index contributed by atoms with van der Waals surface area (Å²) in [6.07, 6.45) is 2.65. The fraction of sp³-hybridized carbons (Fsp3) is 0.385. The monoisotopic (exact) mass is 293 g/mol. The molecule has 0 aliphatic carbocycles. The molecule has 0 fully saturated rings. The van der Waals surface area contributed by atoms with Gasteiger partial charge in [-0.2, -0.15) is 9.57 Å². The molecule has 0 radical (unpaired) electrons. The van der Waals surface area contributed by atoms with Gasteiger partial charge in [-0.3, -0.25) is 4.98 Å². The van der Waals surface area contributed by atoms with Gasteiger partial charge in [-0.15, -0.1) is 0 Å². The number of aliphatic hydroxyl groups is 1. The molecule has 7 heteroatoms. The molecule has 0 amide bonds. The number of hydrogen-bond acceptors (Lipinski definition) is 5. The van der Waals surface area contributed by atoms with Crippen molar-refractivity contribution >= 4 is 10.0 Å². The quantitative estimate of drug-likeness (QED) is 0.801. The van der Waals surface area contributed by atoms with Crippen LogP contribution in [0.1, 0.15) is 12.5 Å². The van der Waals surface area contributed by atoms with E-state index in [1.807, 2.05) is 6.07 Å². The molecule has 6 nitrogen and oxygen atoms in total. The van der Waals surface area contributed by atoms with E-state index in [2.05, 4.69) is 16.8 Å². The predicted octanol–water partition coefficient (Wildman–Crippen LogP) is 0.206. The van der Waals surface area contributed by atoms with Gasteiger partial charge in [0.25, 0.3) is 0 Å². The van der Waals surface area contributed by atoms with Crippen molar-refractivity contribution in [1.29, 1.82) is 5.26 Å². The first-order valence-electron chi connectivity index (χ1n) is 5.82. The highest BCUT2D eigenvalue weighted by Crippen LogP contribution is 2.15. The number of sulfonamides is 1. The zero-order valence-electron chi connectivity index (χ0n) is 11.2. The second kappa shape index (κ2) is 7.01. The lowest BCUT2D eigenvalue weighted by Crippen LogP contribution is -2.30. The van der Waals surface area contributed by atoms with Crippen LogP contribution in [0, 0.1) is 29.1 Å². The van der Waals surface area contributed by atoms with Gasteiger partial charge in [0.2, 0.25) is 10.0 Å². The molecule has 1 unspecified atom stereocenters. The largest absolute Gasteiger partial charge is 0.384 e. The van der Waals surface area contributed by atoms with Gasteiger partial charge in [0, 0.05) is 31.5 Å². The van der Waals surface area contributed by atoms with Gasteiger partial charge in [0.05, 0.1) is 12.0 Å². The summed E-state index contributed by atoms with van der Waals surface area (Å²) < 4.78 is 25.7.